The van der Waals surface area contributed by atoms with Crippen molar-refractivity contribution in [2.24, 2.45) is 0 Å². The third-order valence-electron chi connectivity index (χ3n) is 1.95. The molecular weight excluding hydrogens is 209 g/mol. The second kappa shape index (κ2) is 4.63. The Hall–Kier alpha value is -1.07. The number of methoxy groups -OCH3 is 1. The number of halogens is 3. The largest absolute Gasteiger partial charge is 0.416 e. The first-order valence-corrected chi connectivity index (χ1v) is 4.29. The van der Waals surface area contributed by atoms with Crippen molar-refractivity contribution in [3.63, 3.8) is 0 Å². The van der Waals surface area contributed by atoms with E-state index < -0.39 is 17.8 Å². The fourth-order valence-electron chi connectivity index (χ4n) is 1.15. The Labute approximate surface area is 85.3 Å². The van der Waals surface area contributed by atoms with Gasteiger partial charge in [0.15, 0.2) is 0 Å². The maximum Gasteiger partial charge on any atom is 0.416 e. The molecule has 0 fully saturated rings. The molecule has 0 aromatic heterocycles. The van der Waals surface area contributed by atoms with Gasteiger partial charge in [0.25, 0.3) is 0 Å². The fourth-order valence-corrected chi connectivity index (χ4v) is 1.15. The van der Waals surface area contributed by atoms with Crippen LogP contribution in [0, 0.1) is 0 Å². The zero-order valence-corrected chi connectivity index (χ0v) is 8.08. The number of ether oxygens (including phenoxy) is 1. The standard InChI is InChI=1S/C10H11F3O2/c1-15-6-9(14)7-2-4-8(5-3-7)10(11,12)13/h2-5,9,14H,6H2,1H3/t9-/m1/s1. The third kappa shape index (κ3) is 3.21. The predicted octanol–water partition coefficient (Wildman–Crippen LogP) is 2.39. The van der Waals surface area contributed by atoms with Crippen LogP contribution in [0.3, 0.4) is 0 Å². The van der Waals surface area contributed by atoms with Crippen LogP contribution in [0.5, 0.6) is 0 Å². The summed E-state index contributed by atoms with van der Waals surface area (Å²) in [5.41, 5.74) is -0.319. The second-order valence-corrected chi connectivity index (χ2v) is 3.09. The second-order valence-electron chi connectivity index (χ2n) is 3.09. The molecule has 0 amide bonds. The van der Waals surface area contributed by atoms with E-state index in [1.165, 1.54) is 19.2 Å². The predicted molar refractivity (Wildman–Crippen MR) is 48.3 cm³/mol. The SMILES string of the molecule is COC[C@@H](O)c1ccc(C(F)(F)F)cc1. The minimum atomic E-state index is -4.34. The molecule has 15 heavy (non-hydrogen) atoms. The van der Waals surface area contributed by atoms with Crippen molar-refractivity contribution in [1.29, 1.82) is 0 Å². The summed E-state index contributed by atoms with van der Waals surface area (Å²) in [6, 6.07) is 4.36. The number of aliphatic hydroxyl groups excluding tert-OH is 1. The zero-order chi connectivity index (χ0) is 11.5. The quantitative estimate of drug-likeness (QED) is 0.847. The molecule has 0 saturated carbocycles. The summed E-state index contributed by atoms with van der Waals surface area (Å²) >= 11 is 0. The Balaban J connectivity index is 2.81. The topological polar surface area (TPSA) is 29.5 Å². The summed E-state index contributed by atoms with van der Waals surface area (Å²) < 4.78 is 41.2. The summed E-state index contributed by atoms with van der Waals surface area (Å²) in [7, 11) is 1.41. The van der Waals surface area contributed by atoms with Crippen LogP contribution in [0.25, 0.3) is 0 Å². The molecule has 1 aromatic rings. The van der Waals surface area contributed by atoms with Crippen LogP contribution in [0.1, 0.15) is 17.2 Å². The van der Waals surface area contributed by atoms with Crippen LogP contribution in [-0.2, 0) is 10.9 Å². The number of alkyl halides is 3. The lowest BCUT2D eigenvalue weighted by Gasteiger charge is -2.11. The highest BCUT2D eigenvalue weighted by atomic mass is 19.4. The van der Waals surface area contributed by atoms with Gasteiger partial charge in [-0.2, -0.15) is 13.2 Å². The van der Waals surface area contributed by atoms with Crippen LogP contribution in [0.4, 0.5) is 13.2 Å². The molecular formula is C10H11F3O2. The van der Waals surface area contributed by atoms with Gasteiger partial charge in [0, 0.05) is 7.11 Å². The van der Waals surface area contributed by atoms with Crippen molar-refractivity contribution < 1.29 is 23.0 Å². The first kappa shape index (κ1) is 12.0. The van der Waals surface area contributed by atoms with Crippen molar-refractivity contribution >= 4 is 0 Å². The van der Waals surface area contributed by atoms with Gasteiger partial charge in [0.05, 0.1) is 12.2 Å². The highest BCUT2D eigenvalue weighted by molar-refractivity contribution is 5.25. The highest BCUT2D eigenvalue weighted by Crippen LogP contribution is 2.29. The molecule has 0 radical (unpaired) electrons. The Morgan fingerprint density at radius 3 is 2.20 bits per heavy atom. The third-order valence-corrected chi connectivity index (χ3v) is 1.95. The molecule has 1 rings (SSSR count). The maximum atomic E-state index is 12.2. The Morgan fingerprint density at radius 1 is 1.27 bits per heavy atom. The van der Waals surface area contributed by atoms with Crippen LogP contribution in [0.2, 0.25) is 0 Å². The van der Waals surface area contributed by atoms with E-state index in [1.54, 1.807) is 0 Å². The molecule has 0 bridgehead atoms. The van der Waals surface area contributed by atoms with Crippen LogP contribution in [-0.4, -0.2) is 18.8 Å². The van der Waals surface area contributed by atoms with E-state index in [0.29, 0.717) is 5.56 Å². The lowest BCUT2D eigenvalue weighted by atomic mass is 10.1. The average Bonchev–Trinajstić information content (AvgIpc) is 2.17. The van der Waals surface area contributed by atoms with Gasteiger partial charge in [0.1, 0.15) is 6.10 Å². The molecule has 0 aliphatic rings. The van der Waals surface area contributed by atoms with Crippen molar-refractivity contribution in [3.8, 4) is 0 Å². The van der Waals surface area contributed by atoms with E-state index in [4.69, 9.17) is 0 Å². The number of hydrogen-bond donors (Lipinski definition) is 1. The summed E-state index contributed by atoms with van der Waals surface area (Å²) in [6.45, 7) is 0.0609. The van der Waals surface area contributed by atoms with Gasteiger partial charge >= 0.3 is 6.18 Å². The van der Waals surface area contributed by atoms with E-state index >= 15 is 0 Å². The molecule has 2 nitrogen and oxygen atoms in total. The van der Waals surface area contributed by atoms with E-state index in [-0.39, 0.29) is 6.61 Å². The minimum absolute atomic E-state index is 0.0609. The summed E-state index contributed by atoms with van der Waals surface area (Å²) in [5.74, 6) is 0. The van der Waals surface area contributed by atoms with Crippen molar-refractivity contribution in [3.05, 3.63) is 35.4 Å². The zero-order valence-electron chi connectivity index (χ0n) is 8.08. The first-order chi connectivity index (χ1) is 6.95. The van der Waals surface area contributed by atoms with E-state index in [1.807, 2.05) is 0 Å². The lowest BCUT2D eigenvalue weighted by Crippen LogP contribution is -2.07. The summed E-state index contributed by atoms with van der Waals surface area (Å²) in [5, 5.41) is 9.41. The Kier molecular flexibility index (Phi) is 3.71. The van der Waals surface area contributed by atoms with Gasteiger partial charge in [0.2, 0.25) is 0 Å². The molecule has 5 heteroatoms. The molecule has 0 spiro atoms. The highest BCUT2D eigenvalue weighted by Gasteiger charge is 2.30. The molecule has 0 aliphatic heterocycles. The normalized spacial score (nSPS) is 13.9. The van der Waals surface area contributed by atoms with Gasteiger partial charge in [-0.25, -0.2) is 0 Å². The van der Waals surface area contributed by atoms with Crippen LogP contribution < -0.4 is 0 Å². The lowest BCUT2D eigenvalue weighted by molar-refractivity contribution is -0.137. The molecule has 1 atom stereocenters. The number of hydrogen-bond acceptors (Lipinski definition) is 2. The fraction of sp³-hybridized carbons (Fsp3) is 0.400. The monoisotopic (exact) mass is 220 g/mol. The van der Waals surface area contributed by atoms with Crippen molar-refractivity contribution in [1.82, 2.24) is 0 Å². The molecule has 1 N–H and O–H groups in total. The van der Waals surface area contributed by atoms with Crippen LogP contribution >= 0.6 is 0 Å². The minimum Gasteiger partial charge on any atom is -0.386 e. The summed E-state index contributed by atoms with van der Waals surface area (Å²) in [4.78, 5) is 0. The van der Waals surface area contributed by atoms with E-state index in [0.717, 1.165) is 12.1 Å². The van der Waals surface area contributed by atoms with Gasteiger partial charge in [-0.1, -0.05) is 12.1 Å². The van der Waals surface area contributed by atoms with Gasteiger partial charge in [-0.05, 0) is 17.7 Å². The number of benzene rings is 1. The Bertz CT molecular complexity index is 305. The molecule has 0 aliphatic carbocycles. The molecule has 0 unspecified atom stereocenters. The van der Waals surface area contributed by atoms with Gasteiger partial charge in [-0.3, -0.25) is 0 Å². The van der Waals surface area contributed by atoms with E-state index in [2.05, 4.69) is 4.74 Å². The molecule has 84 valence electrons. The van der Waals surface area contributed by atoms with Gasteiger partial charge in [-0.15, -0.1) is 0 Å². The Morgan fingerprint density at radius 2 is 1.80 bits per heavy atom. The van der Waals surface area contributed by atoms with E-state index in [9.17, 15) is 18.3 Å². The molecule has 0 saturated heterocycles. The average molecular weight is 220 g/mol. The number of aliphatic hydroxyl groups is 1. The molecule has 1 aromatic carbocycles. The smallest absolute Gasteiger partial charge is 0.386 e. The summed E-state index contributed by atoms with van der Waals surface area (Å²) in [6.07, 6.45) is -5.23. The van der Waals surface area contributed by atoms with Gasteiger partial charge < -0.3 is 9.84 Å². The number of rotatable bonds is 3. The van der Waals surface area contributed by atoms with Crippen molar-refractivity contribution in [2.75, 3.05) is 13.7 Å². The van der Waals surface area contributed by atoms with Crippen LogP contribution in [0.15, 0.2) is 24.3 Å². The first-order valence-electron chi connectivity index (χ1n) is 4.29. The van der Waals surface area contributed by atoms with Crippen molar-refractivity contribution in [2.45, 2.75) is 12.3 Å². The maximum absolute atomic E-state index is 12.2. The molecule has 0 heterocycles.